The fourth-order valence-electron chi connectivity index (χ4n) is 1.31. The molecule has 2 nitrogen and oxygen atoms in total. The maximum absolute atomic E-state index is 9.87. The van der Waals surface area contributed by atoms with Crippen LogP contribution in [0.15, 0.2) is 11.4 Å². The normalized spacial score (nSPS) is 15.7. The van der Waals surface area contributed by atoms with Gasteiger partial charge in [-0.25, -0.2) is 0 Å². The topological polar surface area (TPSA) is 29.5 Å². The van der Waals surface area contributed by atoms with E-state index in [1.165, 1.54) is 4.88 Å². The van der Waals surface area contributed by atoms with E-state index < -0.39 is 6.10 Å². The van der Waals surface area contributed by atoms with E-state index in [4.69, 9.17) is 4.74 Å². The quantitative estimate of drug-likeness (QED) is 0.809. The smallest absolute Gasteiger partial charge is 0.106 e. The fraction of sp³-hybridized carbons (Fsp3) is 0.600. The van der Waals surface area contributed by atoms with Gasteiger partial charge in [0.05, 0.1) is 6.10 Å². The van der Waals surface area contributed by atoms with Crippen LogP contribution in [0.1, 0.15) is 30.4 Å². The zero-order chi connectivity index (χ0) is 9.84. The van der Waals surface area contributed by atoms with Crippen molar-refractivity contribution in [3.63, 3.8) is 0 Å². The Morgan fingerprint density at radius 1 is 1.62 bits per heavy atom. The monoisotopic (exact) mass is 200 g/mol. The molecule has 1 aromatic rings. The summed E-state index contributed by atoms with van der Waals surface area (Å²) in [7, 11) is 0. The third-order valence-electron chi connectivity index (χ3n) is 2.09. The third kappa shape index (κ3) is 2.53. The van der Waals surface area contributed by atoms with Crippen LogP contribution < -0.4 is 0 Å². The van der Waals surface area contributed by atoms with Crippen LogP contribution in [0.2, 0.25) is 0 Å². The van der Waals surface area contributed by atoms with Crippen LogP contribution in [0, 0.1) is 6.92 Å². The number of aliphatic hydroxyl groups is 1. The van der Waals surface area contributed by atoms with Gasteiger partial charge < -0.3 is 9.84 Å². The highest BCUT2D eigenvalue weighted by atomic mass is 32.1. The Hall–Kier alpha value is -0.380. The molecule has 1 N–H and O–H groups in total. The molecule has 0 saturated heterocycles. The van der Waals surface area contributed by atoms with Gasteiger partial charge in [-0.05, 0) is 37.8 Å². The number of hydrogen-bond donors (Lipinski definition) is 1. The predicted molar refractivity (Wildman–Crippen MR) is 55.1 cm³/mol. The average Bonchev–Trinajstić information content (AvgIpc) is 2.50. The van der Waals surface area contributed by atoms with Gasteiger partial charge in [0, 0.05) is 11.5 Å². The van der Waals surface area contributed by atoms with E-state index in [0.29, 0.717) is 6.61 Å². The minimum absolute atomic E-state index is 0.127. The second kappa shape index (κ2) is 4.74. The van der Waals surface area contributed by atoms with Gasteiger partial charge in [-0.1, -0.05) is 0 Å². The molecule has 0 aliphatic carbocycles. The Bertz CT molecular complexity index is 257. The van der Waals surface area contributed by atoms with Crippen molar-refractivity contribution in [2.75, 3.05) is 6.61 Å². The molecule has 0 aliphatic rings. The SMILES string of the molecule is CCOC(C)C(O)c1ccsc1C. The first kappa shape index (κ1) is 10.7. The van der Waals surface area contributed by atoms with Crippen molar-refractivity contribution < 1.29 is 9.84 Å². The molecular weight excluding hydrogens is 184 g/mol. The Labute approximate surface area is 83.2 Å². The van der Waals surface area contributed by atoms with E-state index in [-0.39, 0.29) is 6.10 Å². The molecular formula is C10H16O2S. The zero-order valence-corrected chi connectivity index (χ0v) is 9.10. The minimum atomic E-state index is -0.494. The first-order chi connectivity index (χ1) is 6.16. The van der Waals surface area contributed by atoms with E-state index in [2.05, 4.69) is 0 Å². The van der Waals surface area contributed by atoms with Gasteiger partial charge in [0.1, 0.15) is 6.10 Å². The largest absolute Gasteiger partial charge is 0.386 e. The molecule has 2 unspecified atom stereocenters. The van der Waals surface area contributed by atoms with Crippen molar-refractivity contribution in [1.29, 1.82) is 0 Å². The molecule has 0 radical (unpaired) electrons. The lowest BCUT2D eigenvalue weighted by Gasteiger charge is -2.18. The van der Waals surface area contributed by atoms with Gasteiger partial charge in [0.2, 0.25) is 0 Å². The Morgan fingerprint density at radius 3 is 2.77 bits per heavy atom. The van der Waals surface area contributed by atoms with Gasteiger partial charge in [0.15, 0.2) is 0 Å². The molecule has 13 heavy (non-hydrogen) atoms. The summed E-state index contributed by atoms with van der Waals surface area (Å²) in [6, 6.07) is 1.96. The lowest BCUT2D eigenvalue weighted by Crippen LogP contribution is -2.18. The van der Waals surface area contributed by atoms with Gasteiger partial charge in [-0.2, -0.15) is 0 Å². The van der Waals surface area contributed by atoms with Crippen molar-refractivity contribution in [1.82, 2.24) is 0 Å². The van der Waals surface area contributed by atoms with Crippen LogP contribution in [-0.2, 0) is 4.74 Å². The second-order valence-electron chi connectivity index (χ2n) is 3.04. The Balaban J connectivity index is 2.67. The number of hydrogen-bond acceptors (Lipinski definition) is 3. The van der Waals surface area contributed by atoms with Crippen LogP contribution in [0.5, 0.6) is 0 Å². The van der Waals surface area contributed by atoms with Crippen molar-refractivity contribution in [2.24, 2.45) is 0 Å². The highest BCUT2D eigenvalue weighted by Gasteiger charge is 2.18. The Kier molecular flexibility index (Phi) is 3.90. The molecule has 0 fully saturated rings. The first-order valence-electron chi connectivity index (χ1n) is 4.50. The van der Waals surface area contributed by atoms with Gasteiger partial charge >= 0.3 is 0 Å². The molecule has 0 amide bonds. The number of ether oxygens (including phenoxy) is 1. The number of rotatable bonds is 4. The molecule has 0 saturated carbocycles. The highest BCUT2D eigenvalue weighted by Crippen LogP contribution is 2.25. The summed E-state index contributed by atoms with van der Waals surface area (Å²) in [6.45, 7) is 6.48. The summed E-state index contributed by atoms with van der Waals surface area (Å²) >= 11 is 1.65. The standard InChI is InChI=1S/C10H16O2S/c1-4-12-7(2)10(11)9-5-6-13-8(9)3/h5-7,10-11H,4H2,1-3H3. The molecule has 0 aliphatic heterocycles. The van der Waals surface area contributed by atoms with Gasteiger partial charge in [-0.3, -0.25) is 0 Å². The zero-order valence-electron chi connectivity index (χ0n) is 8.28. The molecule has 0 aromatic carbocycles. The van der Waals surface area contributed by atoms with Crippen molar-refractivity contribution in [3.05, 3.63) is 21.9 Å². The van der Waals surface area contributed by atoms with Crippen molar-refractivity contribution >= 4 is 11.3 Å². The number of aliphatic hydroxyl groups excluding tert-OH is 1. The van der Waals surface area contributed by atoms with Gasteiger partial charge in [-0.15, -0.1) is 11.3 Å². The molecule has 1 aromatic heterocycles. The average molecular weight is 200 g/mol. The van der Waals surface area contributed by atoms with Crippen molar-refractivity contribution in [2.45, 2.75) is 33.0 Å². The molecule has 74 valence electrons. The number of thiophene rings is 1. The number of aryl methyl sites for hydroxylation is 1. The van der Waals surface area contributed by atoms with Gasteiger partial charge in [0.25, 0.3) is 0 Å². The first-order valence-corrected chi connectivity index (χ1v) is 5.38. The highest BCUT2D eigenvalue weighted by molar-refractivity contribution is 7.10. The van der Waals surface area contributed by atoms with E-state index in [0.717, 1.165) is 5.56 Å². The van der Waals surface area contributed by atoms with E-state index in [1.807, 2.05) is 32.2 Å². The minimum Gasteiger partial charge on any atom is -0.386 e. The maximum atomic E-state index is 9.87. The van der Waals surface area contributed by atoms with Crippen LogP contribution in [-0.4, -0.2) is 17.8 Å². The molecule has 1 rings (SSSR count). The fourth-order valence-corrected chi connectivity index (χ4v) is 2.05. The van der Waals surface area contributed by atoms with Crippen LogP contribution >= 0.6 is 11.3 Å². The molecule has 1 heterocycles. The van der Waals surface area contributed by atoms with Crippen LogP contribution in [0.4, 0.5) is 0 Å². The van der Waals surface area contributed by atoms with Crippen molar-refractivity contribution in [3.8, 4) is 0 Å². The Morgan fingerprint density at radius 2 is 2.31 bits per heavy atom. The summed E-state index contributed by atoms with van der Waals surface area (Å²) in [5.41, 5.74) is 0.992. The lowest BCUT2D eigenvalue weighted by atomic mass is 10.1. The summed E-state index contributed by atoms with van der Waals surface area (Å²) in [5.74, 6) is 0. The molecule has 3 heteroatoms. The van der Waals surface area contributed by atoms with E-state index >= 15 is 0 Å². The molecule has 0 spiro atoms. The molecule has 0 bridgehead atoms. The summed E-state index contributed by atoms with van der Waals surface area (Å²) < 4.78 is 5.34. The summed E-state index contributed by atoms with van der Waals surface area (Å²) in [6.07, 6.45) is -0.621. The van der Waals surface area contributed by atoms with Crippen LogP contribution in [0.25, 0.3) is 0 Å². The van der Waals surface area contributed by atoms with E-state index in [9.17, 15) is 5.11 Å². The summed E-state index contributed by atoms with van der Waals surface area (Å²) in [4.78, 5) is 1.17. The third-order valence-corrected chi connectivity index (χ3v) is 2.95. The molecule has 2 atom stereocenters. The predicted octanol–water partition coefficient (Wildman–Crippen LogP) is 2.51. The second-order valence-corrected chi connectivity index (χ2v) is 4.16. The van der Waals surface area contributed by atoms with Crippen LogP contribution in [0.3, 0.4) is 0 Å². The lowest BCUT2D eigenvalue weighted by molar-refractivity contribution is -0.0228. The van der Waals surface area contributed by atoms with E-state index in [1.54, 1.807) is 11.3 Å². The maximum Gasteiger partial charge on any atom is 0.106 e. The summed E-state index contributed by atoms with van der Waals surface area (Å²) in [5, 5.41) is 11.9.